The van der Waals surface area contributed by atoms with Crippen molar-refractivity contribution in [1.29, 1.82) is 0 Å². The number of hydrogen-bond donors (Lipinski definition) is 2. The van der Waals surface area contributed by atoms with E-state index in [0.717, 1.165) is 22.9 Å². The number of hydrogen-bond acceptors (Lipinski definition) is 7. The van der Waals surface area contributed by atoms with Gasteiger partial charge in [0.1, 0.15) is 0 Å². The molecular formula is C26H24ClN5O4S2. The van der Waals surface area contributed by atoms with Gasteiger partial charge in [-0.3, -0.25) is 14.2 Å². The number of thioether (sulfide) groups is 1. The summed E-state index contributed by atoms with van der Waals surface area (Å²) in [4.78, 5) is 30.4. The van der Waals surface area contributed by atoms with Gasteiger partial charge in [-0.15, -0.1) is 0 Å². The molecule has 4 rings (SSSR count). The molecule has 0 saturated carbocycles. The van der Waals surface area contributed by atoms with E-state index >= 15 is 0 Å². The number of fused-ring (bicyclic) bond motifs is 1. The summed E-state index contributed by atoms with van der Waals surface area (Å²) in [6, 6.07) is 20.3. The van der Waals surface area contributed by atoms with Crippen LogP contribution in [0, 0.1) is 0 Å². The normalized spacial score (nSPS) is 12.0. The Morgan fingerprint density at radius 3 is 2.55 bits per heavy atom. The maximum atomic E-state index is 13.3. The monoisotopic (exact) mass is 569 g/mol. The Kier molecular flexibility index (Phi) is 8.62. The summed E-state index contributed by atoms with van der Waals surface area (Å²) in [7, 11) is -3.79. The van der Waals surface area contributed by atoms with E-state index < -0.39 is 10.0 Å². The number of amides is 1. The second kappa shape index (κ2) is 11.9. The molecule has 0 aliphatic heterocycles. The summed E-state index contributed by atoms with van der Waals surface area (Å²) >= 11 is 7.15. The molecule has 4 aromatic rings. The van der Waals surface area contributed by atoms with Crippen LogP contribution in [-0.2, 0) is 27.8 Å². The zero-order valence-corrected chi connectivity index (χ0v) is 22.7. The minimum absolute atomic E-state index is 0.0137. The molecule has 9 nitrogen and oxygen atoms in total. The second-order valence-corrected chi connectivity index (χ2v) is 11.3. The van der Waals surface area contributed by atoms with Crippen LogP contribution in [0.15, 0.2) is 92.7 Å². The number of aromatic nitrogens is 2. The maximum Gasteiger partial charge on any atom is 0.262 e. The molecule has 1 aromatic heterocycles. The van der Waals surface area contributed by atoms with Crippen LogP contribution in [0.5, 0.6) is 0 Å². The smallest absolute Gasteiger partial charge is 0.262 e. The molecule has 0 spiro atoms. The molecule has 1 amide bonds. The van der Waals surface area contributed by atoms with E-state index in [1.165, 1.54) is 16.7 Å². The quantitative estimate of drug-likeness (QED) is 0.137. The topological polar surface area (TPSA) is 137 Å². The van der Waals surface area contributed by atoms with Crippen molar-refractivity contribution in [2.24, 2.45) is 10.2 Å². The number of halogens is 1. The summed E-state index contributed by atoms with van der Waals surface area (Å²) in [5.41, 5.74) is 5.03. The molecule has 0 atom stereocenters. The van der Waals surface area contributed by atoms with Crippen molar-refractivity contribution in [3.63, 3.8) is 0 Å². The van der Waals surface area contributed by atoms with Crippen LogP contribution in [0.2, 0.25) is 5.02 Å². The van der Waals surface area contributed by atoms with Crippen LogP contribution < -0.4 is 16.1 Å². The number of benzene rings is 3. The molecule has 0 radical (unpaired) electrons. The standard InChI is InChI=1S/C26H24ClN5O4S2/c1-17(19-5-4-6-20(27)15-19)30-31-24(33)16-37-26-29-23-8-3-2-7-22(23)25(34)32(26)14-13-18-9-11-21(12-10-18)38(28,35)36/h2-12,15H,13-14,16H2,1H3,(H,31,33)(H2,28,35,36)/b30-17+. The molecule has 0 bridgehead atoms. The molecule has 1 heterocycles. The first kappa shape index (κ1) is 27.5. The molecule has 196 valence electrons. The van der Waals surface area contributed by atoms with E-state index in [9.17, 15) is 18.0 Å². The molecule has 3 aromatic carbocycles. The molecule has 0 fully saturated rings. The summed E-state index contributed by atoms with van der Waals surface area (Å²) in [5.74, 6) is -0.371. The fraction of sp³-hybridized carbons (Fsp3) is 0.154. The number of sulfonamides is 1. The largest absolute Gasteiger partial charge is 0.287 e. The lowest BCUT2D eigenvalue weighted by atomic mass is 10.1. The Bertz CT molecular complexity index is 1690. The Morgan fingerprint density at radius 2 is 1.84 bits per heavy atom. The summed E-state index contributed by atoms with van der Waals surface area (Å²) in [6.07, 6.45) is 0.438. The van der Waals surface area contributed by atoms with Gasteiger partial charge in [-0.25, -0.2) is 24.0 Å². The van der Waals surface area contributed by atoms with Crippen LogP contribution in [0.3, 0.4) is 0 Å². The van der Waals surface area contributed by atoms with Gasteiger partial charge in [-0.1, -0.05) is 59.8 Å². The third-order valence-corrected chi connectivity index (χ3v) is 7.77. The van der Waals surface area contributed by atoms with E-state index in [2.05, 4.69) is 15.5 Å². The summed E-state index contributed by atoms with van der Waals surface area (Å²) < 4.78 is 24.5. The number of carbonyl (C=O) groups excluding carboxylic acids is 1. The van der Waals surface area contributed by atoms with Gasteiger partial charge >= 0.3 is 0 Å². The zero-order chi connectivity index (χ0) is 27.3. The van der Waals surface area contributed by atoms with Crippen molar-refractivity contribution in [3.05, 3.63) is 99.3 Å². The minimum Gasteiger partial charge on any atom is -0.287 e. The predicted octanol–water partition coefficient (Wildman–Crippen LogP) is 3.57. The first-order valence-corrected chi connectivity index (χ1v) is 14.4. The first-order chi connectivity index (χ1) is 18.1. The van der Waals surface area contributed by atoms with Crippen molar-refractivity contribution < 1.29 is 13.2 Å². The lowest BCUT2D eigenvalue weighted by Gasteiger charge is -2.13. The highest BCUT2D eigenvalue weighted by atomic mass is 35.5. The molecule has 0 aliphatic carbocycles. The minimum atomic E-state index is -3.79. The van der Waals surface area contributed by atoms with E-state index in [1.807, 2.05) is 6.07 Å². The van der Waals surface area contributed by atoms with E-state index in [-0.39, 0.29) is 28.7 Å². The number of nitrogens with one attached hydrogen (secondary N) is 1. The van der Waals surface area contributed by atoms with Crippen LogP contribution in [0.1, 0.15) is 18.1 Å². The number of primary sulfonamides is 1. The summed E-state index contributed by atoms with van der Waals surface area (Å²) in [6.45, 7) is 2.04. The maximum absolute atomic E-state index is 13.3. The van der Waals surface area contributed by atoms with Crippen LogP contribution in [0.25, 0.3) is 10.9 Å². The van der Waals surface area contributed by atoms with Gasteiger partial charge in [0.25, 0.3) is 11.5 Å². The van der Waals surface area contributed by atoms with Gasteiger partial charge in [-0.05, 0) is 60.9 Å². The number of nitrogens with zero attached hydrogens (tertiary/aromatic N) is 3. The molecule has 3 N–H and O–H groups in total. The third-order valence-electron chi connectivity index (χ3n) is 5.63. The fourth-order valence-electron chi connectivity index (χ4n) is 3.63. The predicted molar refractivity (Wildman–Crippen MR) is 150 cm³/mol. The van der Waals surface area contributed by atoms with Crippen LogP contribution in [-0.4, -0.2) is 35.3 Å². The number of carbonyl (C=O) groups is 1. The second-order valence-electron chi connectivity index (χ2n) is 8.34. The highest BCUT2D eigenvalue weighted by Crippen LogP contribution is 2.19. The Balaban J connectivity index is 1.51. The third kappa shape index (κ3) is 6.87. The van der Waals surface area contributed by atoms with Gasteiger partial charge in [0.2, 0.25) is 10.0 Å². The number of hydrazone groups is 1. The first-order valence-electron chi connectivity index (χ1n) is 11.4. The lowest BCUT2D eigenvalue weighted by molar-refractivity contribution is -0.118. The molecule has 0 saturated heterocycles. The Morgan fingerprint density at radius 1 is 1.11 bits per heavy atom. The highest BCUT2D eigenvalue weighted by Gasteiger charge is 2.14. The summed E-state index contributed by atoms with van der Waals surface area (Å²) in [5, 5.41) is 10.7. The molecule has 38 heavy (non-hydrogen) atoms. The van der Waals surface area contributed by atoms with E-state index in [0.29, 0.717) is 33.2 Å². The lowest BCUT2D eigenvalue weighted by Crippen LogP contribution is -2.26. The van der Waals surface area contributed by atoms with Gasteiger partial charge in [-0.2, -0.15) is 5.10 Å². The number of para-hydroxylation sites is 1. The number of nitrogens with two attached hydrogens (primary N) is 1. The molecule has 0 unspecified atom stereocenters. The highest BCUT2D eigenvalue weighted by molar-refractivity contribution is 7.99. The van der Waals surface area contributed by atoms with Gasteiger partial charge in [0, 0.05) is 11.6 Å². The van der Waals surface area contributed by atoms with Crippen molar-refractivity contribution in [3.8, 4) is 0 Å². The SMILES string of the molecule is C/C(=N\NC(=O)CSc1nc2ccccc2c(=O)n1CCc1ccc(S(N)(=O)=O)cc1)c1cccc(Cl)c1. The van der Waals surface area contributed by atoms with Gasteiger partial charge < -0.3 is 0 Å². The van der Waals surface area contributed by atoms with Crippen LogP contribution in [0.4, 0.5) is 0 Å². The van der Waals surface area contributed by atoms with E-state index in [1.54, 1.807) is 61.5 Å². The van der Waals surface area contributed by atoms with Gasteiger partial charge in [0.15, 0.2) is 5.16 Å². The van der Waals surface area contributed by atoms with Crippen molar-refractivity contribution in [2.45, 2.75) is 29.9 Å². The Labute approximate surface area is 228 Å². The number of rotatable bonds is 9. The van der Waals surface area contributed by atoms with E-state index in [4.69, 9.17) is 16.7 Å². The van der Waals surface area contributed by atoms with Crippen molar-refractivity contribution in [2.75, 3.05) is 5.75 Å². The molecule has 12 heteroatoms. The molecular weight excluding hydrogens is 546 g/mol. The van der Waals surface area contributed by atoms with Crippen molar-refractivity contribution in [1.82, 2.24) is 15.0 Å². The van der Waals surface area contributed by atoms with Crippen molar-refractivity contribution >= 4 is 55.9 Å². The fourth-order valence-corrected chi connectivity index (χ4v) is 5.15. The Hall–Kier alpha value is -3.51. The zero-order valence-electron chi connectivity index (χ0n) is 20.3. The molecule has 0 aliphatic rings. The number of aryl methyl sites for hydroxylation is 1. The van der Waals surface area contributed by atoms with Gasteiger partial charge in [0.05, 0.1) is 27.3 Å². The average Bonchev–Trinajstić information content (AvgIpc) is 2.90. The average molecular weight is 570 g/mol. The van der Waals surface area contributed by atoms with Crippen LogP contribution >= 0.6 is 23.4 Å².